The normalized spacial score (nSPS) is 13.3. The van der Waals surface area contributed by atoms with Gasteiger partial charge in [-0.3, -0.25) is 9.59 Å². The van der Waals surface area contributed by atoms with Crippen LogP contribution in [-0.2, 0) is 4.79 Å². The summed E-state index contributed by atoms with van der Waals surface area (Å²) < 4.78 is 7.23. The van der Waals surface area contributed by atoms with Gasteiger partial charge in [-0.15, -0.1) is 0 Å². The Hall–Kier alpha value is -4.59. The fourth-order valence-corrected chi connectivity index (χ4v) is 4.11. The molecule has 3 aromatic carbocycles. The zero-order valence-corrected chi connectivity index (χ0v) is 19.3. The monoisotopic (exact) mass is 467 g/mol. The van der Waals surface area contributed by atoms with Gasteiger partial charge >= 0.3 is 0 Å². The smallest absolute Gasteiger partial charge is 0.259 e. The highest BCUT2D eigenvalue weighted by atomic mass is 16.5. The number of aromatic nitrogens is 2. The van der Waals surface area contributed by atoms with Crippen molar-refractivity contribution in [1.29, 1.82) is 0 Å². The molecule has 8 heteroatoms. The van der Waals surface area contributed by atoms with E-state index in [1.54, 1.807) is 18.0 Å². The van der Waals surface area contributed by atoms with Crippen LogP contribution in [0, 0.1) is 0 Å². The number of nitrogens with zero attached hydrogens (tertiary/aromatic N) is 3. The van der Waals surface area contributed by atoms with Gasteiger partial charge in [0.15, 0.2) is 0 Å². The van der Waals surface area contributed by atoms with Gasteiger partial charge in [-0.2, -0.15) is 5.10 Å². The Bertz CT molecular complexity index is 1350. The summed E-state index contributed by atoms with van der Waals surface area (Å²) in [5.74, 6) is 0.362. The molecule has 2 heterocycles. The number of para-hydroxylation sites is 2. The molecule has 5 rings (SSSR count). The molecular formula is C27H25N5O3. The molecule has 0 spiro atoms. The number of amides is 2. The van der Waals surface area contributed by atoms with Crippen molar-refractivity contribution in [3.05, 3.63) is 90.6 Å². The minimum atomic E-state index is -0.279. The molecule has 2 N–H and O–H groups in total. The summed E-state index contributed by atoms with van der Waals surface area (Å²) in [4.78, 5) is 27.1. The number of hydrogen-bond acceptors (Lipinski definition) is 5. The van der Waals surface area contributed by atoms with Crippen molar-refractivity contribution in [2.75, 3.05) is 37.0 Å². The lowest BCUT2D eigenvalue weighted by Gasteiger charge is -2.28. The van der Waals surface area contributed by atoms with Crippen LogP contribution in [0.25, 0.3) is 16.9 Å². The Labute approximate surface area is 203 Å². The third kappa shape index (κ3) is 4.72. The number of hydrogen-bond donors (Lipinski definition) is 2. The molecule has 8 nitrogen and oxygen atoms in total. The van der Waals surface area contributed by atoms with E-state index >= 15 is 0 Å². The lowest BCUT2D eigenvalue weighted by Crippen LogP contribution is -2.47. The van der Waals surface area contributed by atoms with E-state index < -0.39 is 0 Å². The molecule has 1 saturated heterocycles. The minimum absolute atomic E-state index is 0.00734. The van der Waals surface area contributed by atoms with E-state index in [2.05, 4.69) is 10.6 Å². The largest absolute Gasteiger partial charge is 0.496 e. The van der Waals surface area contributed by atoms with Crippen molar-refractivity contribution in [3.63, 3.8) is 0 Å². The minimum Gasteiger partial charge on any atom is -0.496 e. The molecule has 4 aromatic rings. The van der Waals surface area contributed by atoms with E-state index in [0.29, 0.717) is 35.8 Å². The van der Waals surface area contributed by atoms with Gasteiger partial charge in [0, 0.05) is 36.2 Å². The average Bonchev–Trinajstić information content (AvgIpc) is 3.35. The highest BCUT2D eigenvalue weighted by Crippen LogP contribution is 2.32. The predicted molar refractivity (Wildman–Crippen MR) is 135 cm³/mol. The topological polar surface area (TPSA) is 88.5 Å². The number of ether oxygens (including phenoxy) is 1. The third-order valence-electron chi connectivity index (χ3n) is 5.87. The van der Waals surface area contributed by atoms with Crippen LogP contribution in [0.4, 0.5) is 11.4 Å². The quantitative estimate of drug-likeness (QED) is 0.451. The lowest BCUT2D eigenvalue weighted by molar-refractivity contribution is -0.120. The van der Waals surface area contributed by atoms with Crippen LogP contribution in [0.2, 0.25) is 0 Å². The molecule has 0 bridgehead atoms. The van der Waals surface area contributed by atoms with Crippen molar-refractivity contribution in [2.45, 2.75) is 0 Å². The first-order chi connectivity index (χ1) is 17.1. The number of carbonyl (C=O) groups is 2. The third-order valence-corrected chi connectivity index (χ3v) is 5.87. The Morgan fingerprint density at radius 2 is 1.71 bits per heavy atom. The van der Waals surface area contributed by atoms with Crippen molar-refractivity contribution in [3.8, 4) is 22.7 Å². The number of nitrogens with one attached hydrogen (secondary N) is 2. The molecule has 0 radical (unpaired) electrons. The van der Waals surface area contributed by atoms with E-state index in [0.717, 1.165) is 23.5 Å². The first kappa shape index (κ1) is 22.2. The van der Waals surface area contributed by atoms with Crippen LogP contribution in [0.1, 0.15) is 10.4 Å². The molecule has 35 heavy (non-hydrogen) atoms. The Morgan fingerprint density at radius 3 is 2.46 bits per heavy atom. The molecule has 1 fully saturated rings. The summed E-state index contributed by atoms with van der Waals surface area (Å²) in [5, 5.41) is 10.5. The van der Waals surface area contributed by atoms with Crippen LogP contribution in [0.3, 0.4) is 0 Å². The van der Waals surface area contributed by atoms with Gasteiger partial charge in [-0.05, 0) is 48.5 Å². The number of methoxy groups -OCH3 is 1. The van der Waals surface area contributed by atoms with E-state index in [-0.39, 0.29) is 11.8 Å². The summed E-state index contributed by atoms with van der Waals surface area (Å²) in [7, 11) is 1.60. The number of benzene rings is 3. The Kier molecular flexibility index (Phi) is 6.17. The summed E-state index contributed by atoms with van der Waals surface area (Å²) in [6.45, 7) is 1.69. The average molecular weight is 468 g/mol. The molecule has 0 unspecified atom stereocenters. The van der Waals surface area contributed by atoms with Gasteiger partial charge < -0.3 is 20.3 Å². The molecule has 0 atom stereocenters. The fraction of sp³-hybridized carbons (Fsp3) is 0.148. The van der Waals surface area contributed by atoms with Gasteiger partial charge in [0.2, 0.25) is 5.91 Å². The molecule has 0 saturated carbocycles. The van der Waals surface area contributed by atoms with E-state index in [1.807, 2.05) is 83.8 Å². The second-order valence-corrected chi connectivity index (χ2v) is 8.14. The van der Waals surface area contributed by atoms with E-state index in [4.69, 9.17) is 9.84 Å². The summed E-state index contributed by atoms with van der Waals surface area (Å²) in [5.41, 5.74) is 4.11. The van der Waals surface area contributed by atoms with Crippen molar-refractivity contribution in [1.82, 2.24) is 15.1 Å². The van der Waals surface area contributed by atoms with Gasteiger partial charge in [-0.25, -0.2) is 4.68 Å². The zero-order chi connectivity index (χ0) is 24.2. The van der Waals surface area contributed by atoms with Crippen molar-refractivity contribution in [2.24, 2.45) is 0 Å². The number of anilines is 2. The molecule has 2 amide bonds. The Morgan fingerprint density at radius 1 is 0.971 bits per heavy atom. The van der Waals surface area contributed by atoms with Crippen LogP contribution >= 0.6 is 0 Å². The Balaban J connectivity index is 1.45. The van der Waals surface area contributed by atoms with E-state index in [9.17, 15) is 9.59 Å². The molecule has 176 valence electrons. The van der Waals surface area contributed by atoms with Crippen molar-refractivity contribution >= 4 is 23.2 Å². The molecule has 1 aliphatic heterocycles. The summed E-state index contributed by atoms with van der Waals surface area (Å²) >= 11 is 0. The maximum atomic E-state index is 13.4. The van der Waals surface area contributed by atoms with Crippen LogP contribution in [-0.4, -0.2) is 48.3 Å². The van der Waals surface area contributed by atoms with Gasteiger partial charge in [0.05, 0.1) is 24.9 Å². The first-order valence-electron chi connectivity index (χ1n) is 11.3. The predicted octanol–water partition coefficient (Wildman–Crippen LogP) is 3.74. The van der Waals surface area contributed by atoms with Crippen molar-refractivity contribution < 1.29 is 14.3 Å². The van der Waals surface area contributed by atoms with E-state index in [1.165, 1.54) is 0 Å². The number of piperazine rings is 1. The standard InChI is InChI=1S/C27H25N5O3/c1-35-24-10-6-5-9-22(24)26-23(17-32(30-26)21-7-3-2-4-8-21)27(34)29-19-11-13-20(14-12-19)31-16-15-28-25(33)18-31/h2-14,17H,15-16,18H2,1H3,(H,28,33)(H,29,34). The SMILES string of the molecule is COc1ccccc1-c1nn(-c2ccccc2)cc1C(=O)Nc1ccc(N2CCNC(=O)C2)cc1. The second kappa shape index (κ2) is 9.72. The van der Waals surface area contributed by atoms with Gasteiger partial charge in [-0.1, -0.05) is 30.3 Å². The summed E-state index contributed by atoms with van der Waals surface area (Å²) in [6.07, 6.45) is 1.73. The zero-order valence-electron chi connectivity index (χ0n) is 19.3. The molecule has 0 aliphatic carbocycles. The summed E-state index contributed by atoms with van der Waals surface area (Å²) in [6, 6.07) is 24.6. The van der Waals surface area contributed by atoms with Crippen LogP contribution in [0.15, 0.2) is 85.1 Å². The first-order valence-corrected chi connectivity index (χ1v) is 11.3. The van der Waals surface area contributed by atoms with Crippen LogP contribution < -0.4 is 20.3 Å². The van der Waals surface area contributed by atoms with Crippen LogP contribution in [0.5, 0.6) is 5.75 Å². The number of rotatable bonds is 6. The number of carbonyl (C=O) groups excluding carboxylic acids is 2. The maximum absolute atomic E-state index is 13.4. The lowest BCUT2D eigenvalue weighted by atomic mass is 10.1. The maximum Gasteiger partial charge on any atom is 0.259 e. The molecule has 1 aliphatic rings. The highest BCUT2D eigenvalue weighted by Gasteiger charge is 2.22. The molecular weight excluding hydrogens is 442 g/mol. The molecule has 1 aromatic heterocycles. The fourth-order valence-electron chi connectivity index (χ4n) is 4.11. The second-order valence-electron chi connectivity index (χ2n) is 8.14. The van der Waals surface area contributed by atoms with Gasteiger partial charge in [0.25, 0.3) is 5.91 Å². The highest BCUT2D eigenvalue weighted by molar-refractivity contribution is 6.08. The van der Waals surface area contributed by atoms with Gasteiger partial charge in [0.1, 0.15) is 11.4 Å².